The van der Waals surface area contributed by atoms with E-state index in [2.05, 4.69) is 26.1 Å². The Hall–Kier alpha value is -1.15. The van der Waals surface area contributed by atoms with Gasteiger partial charge in [0.05, 0.1) is 5.54 Å². The van der Waals surface area contributed by atoms with Crippen molar-refractivity contribution >= 4 is 5.78 Å². The zero-order chi connectivity index (χ0) is 13.3. The first-order valence-corrected chi connectivity index (χ1v) is 6.03. The van der Waals surface area contributed by atoms with Crippen LogP contribution in [0.25, 0.3) is 0 Å². The summed E-state index contributed by atoms with van der Waals surface area (Å²) in [6.07, 6.45) is 0. The third-order valence-corrected chi connectivity index (χ3v) is 3.21. The van der Waals surface area contributed by atoms with Crippen molar-refractivity contribution in [3.8, 4) is 0 Å². The van der Waals surface area contributed by atoms with Crippen LogP contribution in [0.5, 0.6) is 0 Å². The number of likely N-dealkylation sites (N-methyl/N-ethyl adjacent to an activating group) is 1. The van der Waals surface area contributed by atoms with Gasteiger partial charge in [0.25, 0.3) is 0 Å². The molecule has 0 saturated carbocycles. The van der Waals surface area contributed by atoms with Gasteiger partial charge in [0.2, 0.25) is 0 Å². The first kappa shape index (κ1) is 13.9. The van der Waals surface area contributed by atoms with E-state index in [1.54, 1.807) is 7.05 Å². The number of ketones is 1. The average molecular weight is 233 g/mol. The van der Waals surface area contributed by atoms with Crippen molar-refractivity contribution in [2.24, 2.45) is 0 Å². The molecule has 0 aliphatic carbocycles. The van der Waals surface area contributed by atoms with Crippen molar-refractivity contribution < 1.29 is 4.79 Å². The van der Waals surface area contributed by atoms with E-state index in [-0.39, 0.29) is 11.2 Å². The smallest absolute Gasteiger partial charge is 0.182 e. The van der Waals surface area contributed by atoms with Crippen LogP contribution in [0.3, 0.4) is 0 Å². The molecule has 0 atom stereocenters. The van der Waals surface area contributed by atoms with Gasteiger partial charge in [-0.15, -0.1) is 0 Å². The molecule has 17 heavy (non-hydrogen) atoms. The highest BCUT2D eigenvalue weighted by atomic mass is 16.1. The number of Topliss-reactive ketones (excluding diaryl/α,β-unsaturated/α-hetero) is 1. The lowest BCUT2D eigenvalue weighted by Crippen LogP contribution is -2.44. The fourth-order valence-corrected chi connectivity index (χ4v) is 1.60. The molecule has 0 aromatic heterocycles. The fraction of sp³-hybridized carbons (Fsp3) is 0.533. The van der Waals surface area contributed by atoms with Crippen LogP contribution in [0.15, 0.2) is 24.3 Å². The molecule has 0 bridgehead atoms. The summed E-state index contributed by atoms with van der Waals surface area (Å²) in [5, 5.41) is 3.03. The Balaban J connectivity index is 3.00. The quantitative estimate of drug-likeness (QED) is 0.812. The van der Waals surface area contributed by atoms with Gasteiger partial charge >= 0.3 is 0 Å². The first-order chi connectivity index (χ1) is 7.68. The number of hydrogen-bond acceptors (Lipinski definition) is 2. The second-order valence-corrected chi connectivity index (χ2v) is 6.03. The van der Waals surface area contributed by atoms with Gasteiger partial charge in [0, 0.05) is 5.56 Å². The maximum absolute atomic E-state index is 12.2. The fourth-order valence-electron chi connectivity index (χ4n) is 1.60. The number of carbonyl (C=O) groups is 1. The van der Waals surface area contributed by atoms with Crippen LogP contribution < -0.4 is 5.32 Å². The number of carbonyl (C=O) groups excluding carboxylic acids is 1. The normalized spacial score (nSPS) is 12.6. The molecule has 2 nitrogen and oxygen atoms in total. The van der Waals surface area contributed by atoms with Gasteiger partial charge in [-0.3, -0.25) is 4.79 Å². The molecule has 0 saturated heterocycles. The summed E-state index contributed by atoms with van der Waals surface area (Å²) in [6.45, 7) is 10.3. The molecule has 0 heterocycles. The molecule has 1 rings (SSSR count). The van der Waals surface area contributed by atoms with Crippen LogP contribution >= 0.6 is 0 Å². The molecular formula is C15H23NO. The Morgan fingerprint density at radius 1 is 1.00 bits per heavy atom. The van der Waals surface area contributed by atoms with E-state index in [9.17, 15) is 4.79 Å². The zero-order valence-corrected chi connectivity index (χ0v) is 11.7. The second-order valence-electron chi connectivity index (χ2n) is 6.03. The van der Waals surface area contributed by atoms with E-state index in [0.29, 0.717) is 0 Å². The van der Waals surface area contributed by atoms with Crippen molar-refractivity contribution in [1.82, 2.24) is 5.32 Å². The molecule has 1 aromatic carbocycles. The van der Waals surface area contributed by atoms with Crippen molar-refractivity contribution in [3.63, 3.8) is 0 Å². The minimum Gasteiger partial charge on any atom is -0.308 e. The molecule has 0 radical (unpaired) electrons. The van der Waals surface area contributed by atoms with E-state index < -0.39 is 5.54 Å². The lowest BCUT2D eigenvalue weighted by Gasteiger charge is -2.23. The third kappa shape index (κ3) is 3.16. The molecule has 2 heteroatoms. The Kier molecular flexibility index (Phi) is 3.78. The van der Waals surface area contributed by atoms with Gasteiger partial charge < -0.3 is 5.32 Å². The number of hydrogen-bond donors (Lipinski definition) is 1. The third-order valence-electron chi connectivity index (χ3n) is 3.21. The maximum atomic E-state index is 12.2. The monoisotopic (exact) mass is 233 g/mol. The Morgan fingerprint density at radius 3 is 1.82 bits per heavy atom. The number of rotatable bonds is 3. The summed E-state index contributed by atoms with van der Waals surface area (Å²) in [4.78, 5) is 12.2. The van der Waals surface area contributed by atoms with Crippen molar-refractivity contribution in [2.75, 3.05) is 7.05 Å². The number of nitrogens with one attached hydrogen (secondary N) is 1. The maximum Gasteiger partial charge on any atom is 0.182 e. The van der Waals surface area contributed by atoms with E-state index in [0.717, 1.165) is 5.56 Å². The van der Waals surface area contributed by atoms with Gasteiger partial charge in [-0.1, -0.05) is 45.0 Å². The average Bonchev–Trinajstić information content (AvgIpc) is 2.27. The molecule has 0 unspecified atom stereocenters. The van der Waals surface area contributed by atoms with E-state index in [4.69, 9.17) is 0 Å². The molecule has 94 valence electrons. The second kappa shape index (κ2) is 4.61. The van der Waals surface area contributed by atoms with Gasteiger partial charge in [-0.05, 0) is 31.9 Å². The van der Waals surface area contributed by atoms with E-state index >= 15 is 0 Å². The molecule has 0 spiro atoms. The summed E-state index contributed by atoms with van der Waals surface area (Å²) >= 11 is 0. The molecule has 0 amide bonds. The van der Waals surface area contributed by atoms with E-state index in [1.807, 2.05) is 38.1 Å². The van der Waals surface area contributed by atoms with Gasteiger partial charge in [0.1, 0.15) is 0 Å². The van der Waals surface area contributed by atoms with Crippen LogP contribution in [0.2, 0.25) is 0 Å². The standard InChI is InChI=1S/C15H23NO/c1-14(2,3)12-9-7-11(8-10-12)13(17)15(4,5)16-6/h7-10,16H,1-6H3. The Morgan fingerprint density at radius 2 is 1.47 bits per heavy atom. The Bertz CT molecular complexity index is 396. The minimum atomic E-state index is -0.511. The predicted octanol–water partition coefficient (Wildman–Crippen LogP) is 3.16. The summed E-state index contributed by atoms with van der Waals surface area (Å²) in [7, 11) is 1.81. The van der Waals surface area contributed by atoms with Crippen LogP contribution in [-0.4, -0.2) is 18.4 Å². The topological polar surface area (TPSA) is 29.1 Å². The van der Waals surface area contributed by atoms with Crippen LogP contribution in [0.1, 0.15) is 50.5 Å². The van der Waals surface area contributed by atoms with Crippen molar-refractivity contribution in [3.05, 3.63) is 35.4 Å². The van der Waals surface area contributed by atoms with Gasteiger partial charge in [-0.2, -0.15) is 0 Å². The van der Waals surface area contributed by atoms with Crippen LogP contribution in [0.4, 0.5) is 0 Å². The highest BCUT2D eigenvalue weighted by Crippen LogP contribution is 2.23. The SMILES string of the molecule is CNC(C)(C)C(=O)c1ccc(C(C)(C)C)cc1. The highest BCUT2D eigenvalue weighted by Gasteiger charge is 2.26. The summed E-state index contributed by atoms with van der Waals surface area (Å²) in [6, 6.07) is 7.92. The zero-order valence-electron chi connectivity index (χ0n) is 11.7. The summed E-state index contributed by atoms with van der Waals surface area (Å²) in [5.74, 6) is 0.125. The largest absolute Gasteiger partial charge is 0.308 e. The van der Waals surface area contributed by atoms with Crippen LogP contribution in [0, 0.1) is 0 Å². The van der Waals surface area contributed by atoms with Crippen molar-refractivity contribution in [1.29, 1.82) is 0 Å². The minimum absolute atomic E-state index is 0.125. The molecule has 0 aliphatic heterocycles. The highest BCUT2D eigenvalue weighted by molar-refractivity contribution is 6.02. The van der Waals surface area contributed by atoms with Crippen molar-refractivity contribution in [2.45, 2.75) is 45.6 Å². The summed E-state index contributed by atoms with van der Waals surface area (Å²) < 4.78 is 0. The Labute approximate surface area is 104 Å². The van der Waals surface area contributed by atoms with Crippen LogP contribution in [-0.2, 0) is 5.41 Å². The lowest BCUT2D eigenvalue weighted by molar-refractivity contribution is 0.0889. The molecule has 0 fully saturated rings. The summed E-state index contributed by atoms with van der Waals surface area (Å²) in [5.41, 5.74) is 1.62. The number of benzene rings is 1. The van der Waals surface area contributed by atoms with Gasteiger partial charge in [0.15, 0.2) is 5.78 Å². The molecule has 1 aromatic rings. The van der Waals surface area contributed by atoms with E-state index in [1.165, 1.54) is 5.56 Å². The lowest BCUT2D eigenvalue weighted by atomic mass is 9.85. The molecule has 1 N–H and O–H groups in total. The van der Waals surface area contributed by atoms with Gasteiger partial charge in [-0.25, -0.2) is 0 Å². The molecular weight excluding hydrogens is 210 g/mol. The predicted molar refractivity (Wildman–Crippen MR) is 72.6 cm³/mol. The first-order valence-electron chi connectivity index (χ1n) is 6.03. The molecule has 0 aliphatic rings.